The van der Waals surface area contributed by atoms with Gasteiger partial charge in [0.1, 0.15) is 12.2 Å². The van der Waals surface area contributed by atoms with Crippen molar-refractivity contribution >= 4 is 23.7 Å². The SMILES string of the molecule is CCCCOc1cccc(C=NNC(=O)CC(=O)Nc2ccc(C)cc2C)c1. The molecule has 2 aromatic rings. The van der Waals surface area contributed by atoms with Crippen molar-refractivity contribution in [3.63, 3.8) is 0 Å². The second-order valence-corrected chi connectivity index (χ2v) is 6.61. The van der Waals surface area contributed by atoms with Gasteiger partial charge in [-0.05, 0) is 49.6 Å². The molecule has 2 N–H and O–H groups in total. The van der Waals surface area contributed by atoms with Crippen molar-refractivity contribution in [1.82, 2.24) is 5.43 Å². The molecule has 0 bridgehead atoms. The number of hydrogen-bond donors (Lipinski definition) is 2. The van der Waals surface area contributed by atoms with Gasteiger partial charge in [0.05, 0.1) is 12.8 Å². The third-order valence-electron chi connectivity index (χ3n) is 4.00. The van der Waals surface area contributed by atoms with Crippen LogP contribution in [0.15, 0.2) is 47.6 Å². The summed E-state index contributed by atoms with van der Waals surface area (Å²) in [6.45, 7) is 6.67. The second-order valence-electron chi connectivity index (χ2n) is 6.61. The van der Waals surface area contributed by atoms with Gasteiger partial charge in [-0.2, -0.15) is 5.10 Å². The molecule has 148 valence electrons. The molecule has 0 unspecified atom stereocenters. The van der Waals surface area contributed by atoms with E-state index < -0.39 is 5.91 Å². The minimum atomic E-state index is -0.478. The Morgan fingerprint density at radius 2 is 1.93 bits per heavy atom. The molecule has 0 saturated heterocycles. The van der Waals surface area contributed by atoms with E-state index in [2.05, 4.69) is 22.8 Å². The zero-order valence-corrected chi connectivity index (χ0v) is 16.6. The molecule has 6 nitrogen and oxygen atoms in total. The maximum absolute atomic E-state index is 12.0. The Morgan fingerprint density at radius 1 is 1.11 bits per heavy atom. The molecule has 2 amide bonds. The molecule has 0 spiro atoms. The summed E-state index contributed by atoms with van der Waals surface area (Å²) in [5, 5.41) is 6.65. The van der Waals surface area contributed by atoms with Crippen molar-refractivity contribution in [3.05, 3.63) is 59.2 Å². The standard InChI is InChI=1S/C22H27N3O3/c1-4-5-11-28-19-8-6-7-18(13-19)15-23-25-22(27)14-21(26)24-20-10-9-16(2)12-17(20)3/h6-10,12-13,15H,4-5,11,14H2,1-3H3,(H,24,26)(H,25,27). The van der Waals surface area contributed by atoms with E-state index in [9.17, 15) is 9.59 Å². The van der Waals surface area contributed by atoms with Gasteiger partial charge in [0.15, 0.2) is 0 Å². The van der Waals surface area contributed by atoms with E-state index >= 15 is 0 Å². The first-order chi connectivity index (χ1) is 13.5. The van der Waals surface area contributed by atoms with Crippen LogP contribution in [0.5, 0.6) is 5.75 Å². The van der Waals surface area contributed by atoms with Crippen molar-refractivity contribution in [2.75, 3.05) is 11.9 Å². The fourth-order valence-electron chi connectivity index (χ4n) is 2.53. The Balaban J connectivity index is 1.81. The molecular weight excluding hydrogens is 354 g/mol. The predicted molar refractivity (Wildman–Crippen MR) is 112 cm³/mol. The van der Waals surface area contributed by atoms with E-state index in [0.29, 0.717) is 12.3 Å². The fourth-order valence-corrected chi connectivity index (χ4v) is 2.53. The Hall–Kier alpha value is -3.15. The van der Waals surface area contributed by atoms with E-state index in [1.54, 1.807) is 0 Å². The molecule has 0 fully saturated rings. The van der Waals surface area contributed by atoms with Crippen LogP contribution in [0.2, 0.25) is 0 Å². The lowest BCUT2D eigenvalue weighted by Gasteiger charge is -2.08. The zero-order chi connectivity index (χ0) is 20.4. The number of benzene rings is 2. The van der Waals surface area contributed by atoms with E-state index in [4.69, 9.17) is 4.74 Å². The summed E-state index contributed by atoms with van der Waals surface area (Å²) in [7, 11) is 0. The van der Waals surface area contributed by atoms with E-state index in [1.165, 1.54) is 6.21 Å². The number of hydrazone groups is 1. The summed E-state index contributed by atoms with van der Waals surface area (Å²) >= 11 is 0. The molecule has 0 aliphatic carbocycles. The molecule has 6 heteroatoms. The number of amides is 2. The summed E-state index contributed by atoms with van der Waals surface area (Å²) in [5.41, 5.74) is 5.94. The summed E-state index contributed by atoms with van der Waals surface area (Å²) in [6.07, 6.45) is 3.29. The maximum atomic E-state index is 12.0. The van der Waals surface area contributed by atoms with E-state index in [-0.39, 0.29) is 12.3 Å². The lowest BCUT2D eigenvalue weighted by molar-refractivity contribution is -0.126. The minimum absolute atomic E-state index is 0.301. The summed E-state index contributed by atoms with van der Waals surface area (Å²) in [4.78, 5) is 23.9. The molecule has 0 radical (unpaired) electrons. The van der Waals surface area contributed by atoms with Crippen molar-refractivity contribution in [2.45, 2.75) is 40.0 Å². The Labute approximate surface area is 166 Å². The number of rotatable bonds is 9. The van der Waals surface area contributed by atoms with Crippen LogP contribution >= 0.6 is 0 Å². The van der Waals surface area contributed by atoms with E-state index in [1.807, 2.05) is 56.3 Å². The Morgan fingerprint density at radius 3 is 2.68 bits per heavy atom. The summed E-state index contributed by atoms with van der Waals surface area (Å²) in [5.74, 6) is -0.101. The Kier molecular flexibility index (Phi) is 8.21. The zero-order valence-electron chi connectivity index (χ0n) is 16.6. The highest BCUT2D eigenvalue weighted by molar-refractivity contribution is 6.04. The topological polar surface area (TPSA) is 79.8 Å². The first-order valence-corrected chi connectivity index (χ1v) is 9.40. The third kappa shape index (κ3) is 7.23. The van der Waals surface area contributed by atoms with Gasteiger partial charge in [0.25, 0.3) is 0 Å². The highest BCUT2D eigenvalue weighted by atomic mass is 16.5. The molecule has 0 heterocycles. The molecule has 0 aliphatic heterocycles. The predicted octanol–water partition coefficient (Wildman–Crippen LogP) is 3.96. The number of nitrogens with one attached hydrogen (secondary N) is 2. The fraction of sp³-hybridized carbons (Fsp3) is 0.318. The van der Waals surface area contributed by atoms with Crippen molar-refractivity contribution < 1.29 is 14.3 Å². The van der Waals surface area contributed by atoms with Gasteiger partial charge in [-0.25, -0.2) is 5.43 Å². The first-order valence-electron chi connectivity index (χ1n) is 9.40. The molecular formula is C22H27N3O3. The normalized spacial score (nSPS) is 10.7. The van der Waals surface area contributed by atoms with Crippen LogP contribution in [0.25, 0.3) is 0 Å². The second kappa shape index (κ2) is 10.9. The van der Waals surface area contributed by atoms with Gasteiger partial charge < -0.3 is 10.1 Å². The molecule has 0 aliphatic rings. The van der Waals surface area contributed by atoms with Gasteiger partial charge in [0.2, 0.25) is 11.8 Å². The lowest BCUT2D eigenvalue weighted by Crippen LogP contribution is -2.24. The van der Waals surface area contributed by atoms with Crippen LogP contribution in [0, 0.1) is 13.8 Å². The van der Waals surface area contributed by atoms with Crippen LogP contribution in [-0.4, -0.2) is 24.6 Å². The number of hydrogen-bond acceptors (Lipinski definition) is 4. The highest BCUT2D eigenvalue weighted by Gasteiger charge is 2.10. The molecule has 2 aromatic carbocycles. The minimum Gasteiger partial charge on any atom is -0.494 e. The monoisotopic (exact) mass is 381 g/mol. The summed E-state index contributed by atoms with van der Waals surface area (Å²) in [6, 6.07) is 13.2. The molecule has 28 heavy (non-hydrogen) atoms. The van der Waals surface area contributed by atoms with Gasteiger partial charge in [-0.1, -0.05) is 43.2 Å². The summed E-state index contributed by atoms with van der Waals surface area (Å²) < 4.78 is 5.64. The molecule has 0 atom stereocenters. The first kappa shape index (κ1) is 21.2. The van der Waals surface area contributed by atoms with Gasteiger partial charge in [-0.3, -0.25) is 9.59 Å². The van der Waals surface area contributed by atoms with Gasteiger partial charge in [0, 0.05) is 5.69 Å². The number of aryl methyl sites for hydroxylation is 2. The number of carbonyl (C=O) groups is 2. The number of carbonyl (C=O) groups excluding carboxylic acids is 2. The van der Waals surface area contributed by atoms with E-state index in [0.717, 1.165) is 35.3 Å². The van der Waals surface area contributed by atoms with Crippen LogP contribution in [0.1, 0.15) is 42.9 Å². The van der Waals surface area contributed by atoms with Crippen molar-refractivity contribution in [1.29, 1.82) is 0 Å². The average Bonchev–Trinajstić information content (AvgIpc) is 2.64. The third-order valence-corrected chi connectivity index (χ3v) is 4.00. The largest absolute Gasteiger partial charge is 0.494 e. The number of unbranched alkanes of at least 4 members (excludes halogenated alkanes) is 1. The Bertz CT molecular complexity index is 847. The van der Waals surface area contributed by atoms with Crippen molar-refractivity contribution in [3.8, 4) is 5.75 Å². The maximum Gasteiger partial charge on any atom is 0.249 e. The van der Waals surface area contributed by atoms with Crippen LogP contribution < -0.4 is 15.5 Å². The molecule has 0 aromatic heterocycles. The smallest absolute Gasteiger partial charge is 0.249 e. The average molecular weight is 381 g/mol. The number of ether oxygens (including phenoxy) is 1. The lowest BCUT2D eigenvalue weighted by atomic mass is 10.1. The van der Waals surface area contributed by atoms with Crippen LogP contribution in [-0.2, 0) is 9.59 Å². The quantitative estimate of drug-likeness (QED) is 0.299. The van der Waals surface area contributed by atoms with Gasteiger partial charge in [-0.15, -0.1) is 0 Å². The van der Waals surface area contributed by atoms with Crippen molar-refractivity contribution in [2.24, 2.45) is 5.10 Å². The highest BCUT2D eigenvalue weighted by Crippen LogP contribution is 2.16. The van der Waals surface area contributed by atoms with Crippen LogP contribution in [0.4, 0.5) is 5.69 Å². The van der Waals surface area contributed by atoms with Crippen LogP contribution in [0.3, 0.4) is 0 Å². The number of anilines is 1. The van der Waals surface area contributed by atoms with Gasteiger partial charge >= 0.3 is 0 Å². The number of nitrogens with zero attached hydrogens (tertiary/aromatic N) is 1. The molecule has 2 rings (SSSR count). The molecule has 0 saturated carbocycles.